The Morgan fingerprint density at radius 2 is 1.52 bits per heavy atom. The van der Waals surface area contributed by atoms with Crippen molar-refractivity contribution in [1.29, 1.82) is 0 Å². The van der Waals surface area contributed by atoms with Gasteiger partial charge in [0.25, 0.3) is 0 Å². The minimum atomic E-state index is 0.154. The first-order valence-electron chi connectivity index (χ1n) is 8.27. The van der Waals surface area contributed by atoms with Crippen molar-refractivity contribution in [2.45, 2.75) is 32.4 Å². The average Bonchev–Trinajstić information content (AvgIpc) is 2.62. The van der Waals surface area contributed by atoms with Crippen LogP contribution in [0, 0.1) is 11.8 Å². The third kappa shape index (κ3) is 3.30. The lowest BCUT2D eigenvalue weighted by atomic mass is 9.75. The van der Waals surface area contributed by atoms with Crippen LogP contribution in [0.15, 0.2) is 65.8 Å². The predicted octanol–water partition coefficient (Wildman–Crippen LogP) is 4.56. The molecule has 1 aliphatic rings. The lowest BCUT2D eigenvalue weighted by molar-refractivity contribution is 0.263. The maximum absolute atomic E-state index is 9.60. The van der Waals surface area contributed by atoms with Crippen LogP contribution >= 0.6 is 0 Å². The highest BCUT2D eigenvalue weighted by atomic mass is 16.4. The van der Waals surface area contributed by atoms with Crippen LogP contribution in [-0.4, -0.2) is 10.9 Å². The van der Waals surface area contributed by atoms with E-state index in [2.05, 4.69) is 72.9 Å². The van der Waals surface area contributed by atoms with Gasteiger partial charge >= 0.3 is 0 Å². The number of benzene rings is 2. The zero-order chi connectivity index (χ0) is 16.2. The minimum absolute atomic E-state index is 0.154. The summed E-state index contributed by atoms with van der Waals surface area (Å²) in [6, 6.07) is 21.2. The molecule has 3 atom stereocenters. The Labute approximate surface area is 138 Å². The summed E-state index contributed by atoms with van der Waals surface area (Å²) in [6.45, 7) is 4.38. The van der Waals surface area contributed by atoms with Gasteiger partial charge in [-0.1, -0.05) is 79.7 Å². The molecule has 2 aromatic carbocycles. The van der Waals surface area contributed by atoms with Crippen LogP contribution in [-0.2, 0) is 0 Å². The van der Waals surface area contributed by atoms with Gasteiger partial charge in [-0.15, -0.1) is 0 Å². The van der Waals surface area contributed by atoms with Crippen molar-refractivity contribution in [3.63, 3.8) is 0 Å². The largest absolute Gasteiger partial charge is 0.411 e. The lowest BCUT2D eigenvalue weighted by Crippen LogP contribution is -2.44. The summed E-state index contributed by atoms with van der Waals surface area (Å²) in [7, 11) is 0. The summed E-state index contributed by atoms with van der Waals surface area (Å²) in [4.78, 5) is 0. The van der Waals surface area contributed by atoms with Crippen LogP contribution in [0.25, 0.3) is 0 Å². The Kier molecular flexibility index (Phi) is 4.77. The highest BCUT2D eigenvalue weighted by Gasteiger charge is 2.38. The first kappa shape index (κ1) is 15.8. The molecular weight excluding hydrogens is 284 g/mol. The van der Waals surface area contributed by atoms with Crippen molar-refractivity contribution >= 4 is 5.71 Å². The molecule has 3 nitrogen and oxygen atoms in total. The summed E-state index contributed by atoms with van der Waals surface area (Å²) in [6.07, 6.45) is 0.743. The smallest absolute Gasteiger partial charge is 0.0642 e. The molecule has 0 amide bonds. The van der Waals surface area contributed by atoms with Gasteiger partial charge in [0.15, 0.2) is 0 Å². The van der Waals surface area contributed by atoms with Crippen molar-refractivity contribution in [3.05, 3.63) is 71.8 Å². The highest BCUT2D eigenvalue weighted by molar-refractivity contribution is 5.89. The zero-order valence-electron chi connectivity index (χ0n) is 13.7. The molecule has 120 valence electrons. The number of piperidine rings is 1. The van der Waals surface area contributed by atoms with Crippen LogP contribution in [0.1, 0.15) is 43.5 Å². The van der Waals surface area contributed by atoms with Crippen molar-refractivity contribution < 1.29 is 5.21 Å². The molecule has 3 rings (SSSR count). The fourth-order valence-corrected chi connectivity index (χ4v) is 3.66. The quantitative estimate of drug-likeness (QED) is 0.644. The van der Waals surface area contributed by atoms with E-state index in [1.165, 1.54) is 11.1 Å². The van der Waals surface area contributed by atoms with Gasteiger partial charge in [-0.05, 0) is 17.0 Å². The summed E-state index contributed by atoms with van der Waals surface area (Å²) < 4.78 is 0. The molecule has 23 heavy (non-hydrogen) atoms. The van der Waals surface area contributed by atoms with Gasteiger partial charge in [-0.3, -0.25) is 0 Å². The van der Waals surface area contributed by atoms with E-state index < -0.39 is 0 Å². The molecular formula is C20H24N2O. The van der Waals surface area contributed by atoms with Crippen LogP contribution in [0.2, 0.25) is 0 Å². The normalized spacial score (nSPS) is 26.6. The van der Waals surface area contributed by atoms with Crippen molar-refractivity contribution in [2.24, 2.45) is 17.0 Å². The molecule has 1 aliphatic heterocycles. The molecule has 2 aromatic rings. The van der Waals surface area contributed by atoms with Gasteiger partial charge in [-0.2, -0.15) is 0 Å². The summed E-state index contributed by atoms with van der Waals surface area (Å²) >= 11 is 0. The summed E-state index contributed by atoms with van der Waals surface area (Å²) in [5.41, 5.74) is 3.37. The maximum Gasteiger partial charge on any atom is 0.0642 e. The lowest BCUT2D eigenvalue weighted by Gasteiger charge is -2.40. The monoisotopic (exact) mass is 308 g/mol. The van der Waals surface area contributed by atoms with Crippen molar-refractivity contribution in [1.82, 2.24) is 5.32 Å². The van der Waals surface area contributed by atoms with E-state index >= 15 is 0 Å². The van der Waals surface area contributed by atoms with Gasteiger partial charge in [0.1, 0.15) is 0 Å². The Morgan fingerprint density at radius 3 is 2.04 bits per heavy atom. The van der Waals surface area contributed by atoms with Gasteiger partial charge < -0.3 is 10.5 Å². The molecule has 1 saturated heterocycles. The molecule has 0 aromatic heterocycles. The fraction of sp³-hybridized carbons (Fsp3) is 0.350. The first-order valence-corrected chi connectivity index (χ1v) is 8.27. The van der Waals surface area contributed by atoms with E-state index in [-0.39, 0.29) is 18.0 Å². The molecule has 0 radical (unpaired) electrons. The molecule has 0 aliphatic carbocycles. The Balaban J connectivity index is 1.98. The highest BCUT2D eigenvalue weighted by Crippen LogP contribution is 2.39. The maximum atomic E-state index is 9.60. The van der Waals surface area contributed by atoms with E-state index in [4.69, 9.17) is 0 Å². The number of oxime groups is 1. The van der Waals surface area contributed by atoms with E-state index in [1.807, 2.05) is 12.1 Å². The van der Waals surface area contributed by atoms with E-state index in [9.17, 15) is 5.21 Å². The third-order valence-corrected chi connectivity index (χ3v) is 4.75. The van der Waals surface area contributed by atoms with Crippen LogP contribution in [0.5, 0.6) is 0 Å². The van der Waals surface area contributed by atoms with Gasteiger partial charge in [0.05, 0.1) is 5.71 Å². The Morgan fingerprint density at radius 1 is 0.957 bits per heavy atom. The predicted molar refractivity (Wildman–Crippen MR) is 93.7 cm³/mol. The molecule has 2 N–H and O–H groups in total. The number of hydrogen-bond donors (Lipinski definition) is 2. The summed E-state index contributed by atoms with van der Waals surface area (Å²) in [5.74, 6) is 0.595. The Bertz CT molecular complexity index is 652. The number of nitrogens with zero attached hydrogens (tertiary/aromatic N) is 1. The molecule has 3 heteroatoms. The molecule has 0 saturated carbocycles. The topological polar surface area (TPSA) is 44.6 Å². The molecule has 1 heterocycles. The van der Waals surface area contributed by atoms with Crippen molar-refractivity contribution in [3.8, 4) is 0 Å². The minimum Gasteiger partial charge on any atom is -0.411 e. The molecule has 0 bridgehead atoms. The second-order valence-corrected chi connectivity index (χ2v) is 6.58. The van der Waals surface area contributed by atoms with Gasteiger partial charge in [0, 0.05) is 24.4 Å². The van der Waals surface area contributed by atoms with E-state index in [0.29, 0.717) is 5.92 Å². The van der Waals surface area contributed by atoms with E-state index in [1.54, 1.807) is 0 Å². The number of hydrogen-bond acceptors (Lipinski definition) is 3. The Hall–Kier alpha value is -2.13. The number of rotatable bonds is 3. The van der Waals surface area contributed by atoms with Gasteiger partial charge in [-0.25, -0.2) is 0 Å². The van der Waals surface area contributed by atoms with Crippen LogP contribution < -0.4 is 5.32 Å². The zero-order valence-corrected chi connectivity index (χ0v) is 13.7. The van der Waals surface area contributed by atoms with Gasteiger partial charge in [0.2, 0.25) is 0 Å². The molecule has 0 spiro atoms. The van der Waals surface area contributed by atoms with Crippen LogP contribution in [0.4, 0.5) is 0 Å². The average molecular weight is 308 g/mol. The summed E-state index contributed by atoms with van der Waals surface area (Å²) in [5, 5.41) is 17.1. The van der Waals surface area contributed by atoms with Crippen LogP contribution in [0.3, 0.4) is 0 Å². The van der Waals surface area contributed by atoms with E-state index in [0.717, 1.165) is 12.1 Å². The standard InChI is InChI=1S/C20H24N2O/c1-14(2)19-18(22-23)13-17(15-9-5-3-6-10-15)21-20(19)16-11-7-4-8-12-16/h3-12,14,17,19-21,23H,13H2,1-2H3/b22-18+/t17-,19+,20+/m0/s1. The number of nitrogens with one attached hydrogen (secondary N) is 1. The van der Waals surface area contributed by atoms with Crippen molar-refractivity contribution in [2.75, 3.05) is 0 Å². The second-order valence-electron chi connectivity index (χ2n) is 6.58. The SMILES string of the molecule is CC(C)[C@@H]1/C(=N/O)C[C@@H](c2ccccc2)N[C@@H]1c1ccccc1. The first-order chi connectivity index (χ1) is 11.2. The second kappa shape index (κ2) is 6.97. The molecule has 0 unspecified atom stereocenters. The third-order valence-electron chi connectivity index (χ3n) is 4.75. The fourth-order valence-electron chi connectivity index (χ4n) is 3.66. The molecule has 1 fully saturated rings.